The van der Waals surface area contributed by atoms with Gasteiger partial charge in [0.05, 0.1) is 22.7 Å². The number of anilines is 1. The number of ether oxygens (including phenoxy) is 1. The Balaban J connectivity index is 1.60. The standard InChI is InChI=1S/C29H31ClN6O6S/c1-34(2)16-5-17-42-22-12-14-23(15-13-22)43(40,41)36(21-10-8-20(30)9-11-21)19-27(38)32-33-28-24-6-3-4-7-25(24)35(29(28)39)18-26(31)37/h3-4,6-15,39H,5,16-19H2,1-2H3,(H2,31,37). The monoisotopic (exact) mass is 626 g/mol. The highest BCUT2D eigenvalue weighted by molar-refractivity contribution is 7.92. The smallest absolute Gasteiger partial charge is 0.285 e. The summed E-state index contributed by atoms with van der Waals surface area (Å²) in [7, 11) is -0.319. The zero-order valence-corrected chi connectivity index (χ0v) is 25.1. The van der Waals surface area contributed by atoms with Crippen LogP contribution < -0.4 is 14.8 Å². The molecule has 1 heterocycles. The van der Waals surface area contributed by atoms with Crippen LogP contribution in [0.25, 0.3) is 10.9 Å². The van der Waals surface area contributed by atoms with E-state index in [0.29, 0.717) is 28.3 Å². The minimum atomic E-state index is -4.25. The van der Waals surface area contributed by atoms with Gasteiger partial charge in [-0.05, 0) is 75.1 Å². The van der Waals surface area contributed by atoms with Crippen LogP contribution in [0.2, 0.25) is 5.02 Å². The number of hydrogen-bond donors (Lipinski definition) is 2. The van der Waals surface area contributed by atoms with Gasteiger partial charge in [-0.15, -0.1) is 10.2 Å². The van der Waals surface area contributed by atoms with Gasteiger partial charge in [0.25, 0.3) is 15.9 Å². The summed E-state index contributed by atoms with van der Waals surface area (Å²) >= 11 is 6.01. The van der Waals surface area contributed by atoms with Gasteiger partial charge in [0, 0.05) is 17.0 Å². The molecule has 0 radical (unpaired) electrons. The normalized spacial score (nSPS) is 11.8. The fourth-order valence-electron chi connectivity index (χ4n) is 4.27. The maximum absolute atomic E-state index is 13.7. The highest BCUT2D eigenvalue weighted by Gasteiger charge is 2.28. The van der Waals surface area contributed by atoms with Crippen LogP contribution in [0.5, 0.6) is 11.6 Å². The first-order valence-electron chi connectivity index (χ1n) is 13.2. The molecule has 0 bridgehead atoms. The van der Waals surface area contributed by atoms with Crippen molar-refractivity contribution in [2.75, 3.05) is 38.1 Å². The third-order valence-corrected chi connectivity index (χ3v) is 8.36. The predicted molar refractivity (Wildman–Crippen MR) is 163 cm³/mol. The molecular weight excluding hydrogens is 596 g/mol. The summed E-state index contributed by atoms with van der Waals surface area (Å²) < 4.78 is 35.3. The van der Waals surface area contributed by atoms with Crippen molar-refractivity contribution >= 4 is 55.7 Å². The third kappa shape index (κ3) is 7.69. The van der Waals surface area contributed by atoms with Gasteiger partial charge in [0.1, 0.15) is 18.8 Å². The number of nitrogens with two attached hydrogens (primary N) is 1. The molecule has 2 amide bonds. The molecular formula is C29H31ClN6O6S. The van der Waals surface area contributed by atoms with E-state index in [1.807, 2.05) is 19.0 Å². The molecule has 12 nitrogen and oxygen atoms in total. The lowest BCUT2D eigenvalue weighted by atomic mass is 10.2. The van der Waals surface area contributed by atoms with E-state index in [1.165, 1.54) is 41.0 Å². The molecule has 0 aliphatic rings. The van der Waals surface area contributed by atoms with E-state index in [9.17, 15) is 23.1 Å². The lowest BCUT2D eigenvalue weighted by molar-refractivity contribution is -0.118. The highest BCUT2D eigenvalue weighted by atomic mass is 35.5. The number of carbonyl (C=O) groups is 2. The number of rotatable bonds is 13. The molecule has 0 unspecified atom stereocenters. The van der Waals surface area contributed by atoms with Crippen LogP contribution in [0.3, 0.4) is 0 Å². The molecule has 0 saturated carbocycles. The van der Waals surface area contributed by atoms with Gasteiger partial charge >= 0.3 is 0 Å². The van der Waals surface area contributed by atoms with E-state index in [2.05, 4.69) is 10.2 Å². The first-order valence-corrected chi connectivity index (χ1v) is 15.0. The van der Waals surface area contributed by atoms with E-state index in [1.54, 1.807) is 36.4 Å². The Kier molecular flexibility index (Phi) is 10.0. The first-order chi connectivity index (χ1) is 20.5. The summed E-state index contributed by atoms with van der Waals surface area (Å²) in [5.74, 6) is -1.51. The Morgan fingerprint density at radius 3 is 2.35 bits per heavy atom. The number of para-hydroxylation sites is 1. The van der Waals surface area contributed by atoms with E-state index >= 15 is 0 Å². The molecule has 226 valence electrons. The largest absolute Gasteiger partial charge is 0.494 e. The fourth-order valence-corrected chi connectivity index (χ4v) is 5.81. The van der Waals surface area contributed by atoms with E-state index in [0.717, 1.165) is 17.3 Å². The number of amides is 2. The summed E-state index contributed by atoms with van der Waals surface area (Å²) in [5, 5.41) is 19.1. The number of halogens is 1. The Labute approximate surface area is 254 Å². The predicted octanol–water partition coefficient (Wildman–Crippen LogP) is 4.32. The Hall–Kier alpha value is -4.46. The molecule has 4 rings (SSSR count). The summed E-state index contributed by atoms with van der Waals surface area (Å²) in [5.41, 5.74) is 5.88. The molecule has 0 aliphatic carbocycles. The minimum Gasteiger partial charge on any atom is -0.494 e. The van der Waals surface area contributed by atoms with Gasteiger partial charge in [-0.3, -0.25) is 13.9 Å². The van der Waals surface area contributed by atoms with Crippen molar-refractivity contribution in [2.45, 2.75) is 17.9 Å². The summed E-state index contributed by atoms with van der Waals surface area (Å²) in [6.07, 6.45) is 0.803. The molecule has 0 atom stereocenters. The number of benzene rings is 3. The second-order valence-electron chi connectivity index (χ2n) is 9.80. The topological polar surface area (TPSA) is 160 Å². The SMILES string of the molecule is CN(C)CCCOc1ccc(S(=O)(=O)N(CC(=O)N=Nc2c(O)n(CC(N)=O)c3ccccc23)c2ccc(Cl)cc2)cc1. The van der Waals surface area contributed by atoms with Gasteiger partial charge in [0.2, 0.25) is 11.8 Å². The number of aromatic hydroxyl groups is 1. The lowest BCUT2D eigenvalue weighted by Gasteiger charge is -2.23. The van der Waals surface area contributed by atoms with Crippen molar-refractivity contribution in [3.63, 3.8) is 0 Å². The number of azo groups is 1. The highest BCUT2D eigenvalue weighted by Crippen LogP contribution is 2.38. The molecule has 14 heteroatoms. The van der Waals surface area contributed by atoms with Gasteiger partial charge in [0.15, 0.2) is 5.69 Å². The quantitative estimate of drug-likeness (QED) is 0.165. The van der Waals surface area contributed by atoms with Crippen molar-refractivity contribution in [1.29, 1.82) is 0 Å². The Morgan fingerprint density at radius 1 is 1.02 bits per heavy atom. The van der Waals surface area contributed by atoms with Crippen molar-refractivity contribution in [2.24, 2.45) is 16.0 Å². The van der Waals surface area contributed by atoms with Crippen LogP contribution in [0.4, 0.5) is 11.4 Å². The average molecular weight is 627 g/mol. The number of hydrogen-bond acceptors (Lipinski definition) is 8. The van der Waals surface area contributed by atoms with Gasteiger partial charge in [-0.25, -0.2) is 8.42 Å². The van der Waals surface area contributed by atoms with Crippen LogP contribution in [0, 0.1) is 0 Å². The second kappa shape index (κ2) is 13.7. The molecule has 4 aromatic rings. The number of aromatic nitrogens is 1. The van der Waals surface area contributed by atoms with Crippen molar-refractivity contribution in [1.82, 2.24) is 9.47 Å². The Bertz CT molecular complexity index is 1740. The van der Waals surface area contributed by atoms with E-state index in [4.69, 9.17) is 22.1 Å². The van der Waals surface area contributed by atoms with E-state index < -0.39 is 34.3 Å². The molecule has 0 aliphatic heterocycles. The van der Waals surface area contributed by atoms with Crippen molar-refractivity contribution in [3.8, 4) is 11.6 Å². The molecule has 3 aromatic carbocycles. The molecule has 0 spiro atoms. The maximum atomic E-state index is 13.7. The zero-order valence-electron chi connectivity index (χ0n) is 23.6. The van der Waals surface area contributed by atoms with Crippen molar-refractivity contribution in [3.05, 3.63) is 77.8 Å². The van der Waals surface area contributed by atoms with Crippen LogP contribution in [0.15, 0.2) is 87.9 Å². The summed E-state index contributed by atoms with van der Waals surface area (Å²) in [4.78, 5) is 26.5. The van der Waals surface area contributed by atoms with Crippen LogP contribution in [0.1, 0.15) is 6.42 Å². The first kappa shape index (κ1) is 31.5. The van der Waals surface area contributed by atoms with Crippen molar-refractivity contribution < 1.29 is 27.9 Å². The zero-order chi connectivity index (χ0) is 31.1. The molecule has 1 aromatic heterocycles. The van der Waals surface area contributed by atoms with Crippen LogP contribution >= 0.6 is 11.6 Å². The van der Waals surface area contributed by atoms with E-state index in [-0.39, 0.29) is 22.8 Å². The van der Waals surface area contributed by atoms with Gasteiger partial charge < -0.3 is 25.0 Å². The number of carbonyl (C=O) groups excluding carboxylic acids is 2. The lowest BCUT2D eigenvalue weighted by Crippen LogP contribution is -2.35. The number of sulfonamides is 1. The van der Waals surface area contributed by atoms with Crippen LogP contribution in [-0.2, 0) is 26.2 Å². The Morgan fingerprint density at radius 2 is 1.70 bits per heavy atom. The van der Waals surface area contributed by atoms with Gasteiger partial charge in [-0.2, -0.15) is 0 Å². The second-order valence-corrected chi connectivity index (χ2v) is 12.1. The number of primary amides is 1. The average Bonchev–Trinajstić information content (AvgIpc) is 3.23. The molecule has 0 saturated heterocycles. The minimum absolute atomic E-state index is 0.0627. The molecule has 43 heavy (non-hydrogen) atoms. The number of nitrogens with zero attached hydrogens (tertiary/aromatic N) is 5. The molecule has 3 N–H and O–H groups in total. The third-order valence-electron chi connectivity index (χ3n) is 6.32. The fraction of sp³-hybridized carbons (Fsp3) is 0.241. The summed E-state index contributed by atoms with van der Waals surface area (Å²) in [6.45, 7) is 0.301. The molecule has 0 fully saturated rings. The number of fused-ring (bicyclic) bond motifs is 1. The van der Waals surface area contributed by atoms with Gasteiger partial charge in [-0.1, -0.05) is 29.8 Å². The van der Waals surface area contributed by atoms with Crippen LogP contribution in [-0.4, -0.2) is 68.6 Å². The summed E-state index contributed by atoms with van der Waals surface area (Å²) in [6, 6.07) is 18.5. The maximum Gasteiger partial charge on any atom is 0.285 e.